The molecule has 0 aliphatic carbocycles. The van der Waals surface area contributed by atoms with Gasteiger partial charge in [0.05, 0.1) is 11.7 Å². The highest BCUT2D eigenvalue weighted by Crippen LogP contribution is 2.52. The van der Waals surface area contributed by atoms with Crippen LogP contribution in [0.15, 0.2) is 34.7 Å². The highest BCUT2D eigenvalue weighted by molar-refractivity contribution is 7.99. The van der Waals surface area contributed by atoms with E-state index >= 15 is 0 Å². The van der Waals surface area contributed by atoms with Crippen LogP contribution in [0.5, 0.6) is 0 Å². The summed E-state index contributed by atoms with van der Waals surface area (Å²) in [4.78, 5) is 28.0. The summed E-state index contributed by atoms with van der Waals surface area (Å²) in [6.07, 6.45) is 6.27. The van der Waals surface area contributed by atoms with Gasteiger partial charge in [-0.2, -0.15) is 8.75 Å². The zero-order valence-corrected chi connectivity index (χ0v) is 18.6. The standard InChI is InChI=1S/C20H21N3O4S3/c24-15-5-6-16(25)27-20(26-15)17(13-7-9-23(20)10-8-13)18-19(22-30-21-18)29-12-2-4-14-3-1-11-28-14/h1,3,5-6,11,13,17H,2,4,7-10,12H2. The van der Waals surface area contributed by atoms with E-state index in [9.17, 15) is 9.59 Å². The predicted molar refractivity (Wildman–Crippen MR) is 114 cm³/mol. The van der Waals surface area contributed by atoms with Crippen LogP contribution in [0.1, 0.15) is 35.8 Å². The first-order valence-electron chi connectivity index (χ1n) is 10.0. The van der Waals surface area contributed by atoms with Crippen molar-refractivity contribution in [3.05, 3.63) is 40.2 Å². The number of aryl methyl sites for hydroxylation is 1. The van der Waals surface area contributed by atoms with Crippen LogP contribution in [0.25, 0.3) is 0 Å². The SMILES string of the molecule is O=C1C=CC(=O)OC2(O1)C(c1nsnc1SCCCc1cccs1)C1CCN2CC1. The number of carbonyl (C=O) groups is 2. The Morgan fingerprint density at radius 2 is 1.93 bits per heavy atom. The summed E-state index contributed by atoms with van der Waals surface area (Å²) in [5.74, 6) is -1.74. The first-order valence-corrected chi connectivity index (χ1v) is 12.6. The molecule has 6 heterocycles. The molecule has 158 valence electrons. The van der Waals surface area contributed by atoms with Crippen molar-refractivity contribution in [3.8, 4) is 0 Å². The average molecular weight is 464 g/mol. The minimum Gasteiger partial charge on any atom is -0.404 e. The molecule has 6 rings (SSSR count). The van der Waals surface area contributed by atoms with E-state index in [0.717, 1.165) is 79.1 Å². The quantitative estimate of drug-likeness (QED) is 0.366. The fraction of sp³-hybridized carbons (Fsp3) is 0.500. The summed E-state index contributed by atoms with van der Waals surface area (Å²) in [6.45, 7) is 1.45. The lowest BCUT2D eigenvalue weighted by molar-refractivity contribution is -0.324. The molecule has 0 N–H and O–H groups in total. The van der Waals surface area contributed by atoms with Gasteiger partial charge in [-0.25, -0.2) is 14.5 Å². The summed E-state index contributed by atoms with van der Waals surface area (Å²) in [6, 6.07) is 4.23. The Kier molecular flexibility index (Phi) is 5.65. The Morgan fingerprint density at radius 1 is 1.17 bits per heavy atom. The van der Waals surface area contributed by atoms with Gasteiger partial charge in [0, 0.05) is 30.1 Å². The summed E-state index contributed by atoms with van der Waals surface area (Å²) < 4.78 is 20.7. The van der Waals surface area contributed by atoms with Crippen molar-refractivity contribution in [2.24, 2.45) is 5.92 Å². The van der Waals surface area contributed by atoms with Gasteiger partial charge in [0.1, 0.15) is 16.6 Å². The second-order valence-corrected chi connectivity index (χ2v) is 10.2. The molecule has 2 aromatic heterocycles. The maximum absolute atomic E-state index is 12.3. The maximum Gasteiger partial charge on any atom is 0.335 e. The van der Waals surface area contributed by atoms with Crippen LogP contribution in [-0.4, -0.2) is 50.3 Å². The van der Waals surface area contributed by atoms with Crippen LogP contribution >= 0.6 is 34.8 Å². The number of thioether (sulfide) groups is 1. The molecule has 2 bridgehead atoms. The van der Waals surface area contributed by atoms with Crippen molar-refractivity contribution in [3.63, 3.8) is 0 Å². The molecular formula is C20H21N3O4S3. The zero-order chi connectivity index (χ0) is 20.6. The van der Waals surface area contributed by atoms with Crippen molar-refractivity contribution in [1.82, 2.24) is 13.6 Å². The molecule has 0 radical (unpaired) electrons. The number of ether oxygens (including phenoxy) is 2. The third-order valence-corrected chi connectivity index (χ3v) is 8.52. The van der Waals surface area contributed by atoms with Crippen molar-refractivity contribution in [1.29, 1.82) is 0 Å². The number of nitrogens with zero attached hydrogens (tertiary/aromatic N) is 3. The Bertz CT molecular complexity index is 930. The molecule has 30 heavy (non-hydrogen) atoms. The van der Waals surface area contributed by atoms with Gasteiger partial charge in [-0.15, -0.1) is 23.1 Å². The molecule has 1 spiro atoms. The number of hydrogen-bond acceptors (Lipinski definition) is 10. The molecule has 1 unspecified atom stereocenters. The molecule has 4 aliphatic heterocycles. The van der Waals surface area contributed by atoms with E-state index in [0.29, 0.717) is 0 Å². The fourth-order valence-corrected chi connectivity index (χ4v) is 6.97. The number of fused-ring (bicyclic) bond motifs is 2. The number of esters is 2. The van der Waals surface area contributed by atoms with Gasteiger partial charge in [-0.3, -0.25) is 0 Å². The second kappa shape index (κ2) is 8.41. The minimum atomic E-state index is -1.43. The topological polar surface area (TPSA) is 81.6 Å². The fourth-order valence-electron chi connectivity index (χ4n) is 4.55. The van der Waals surface area contributed by atoms with Gasteiger partial charge in [0.25, 0.3) is 0 Å². The normalized spacial score (nSPS) is 27.1. The van der Waals surface area contributed by atoms with Crippen LogP contribution in [0.3, 0.4) is 0 Å². The molecule has 0 amide bonds. The Hall–Kier alpha value is -1.75. The van der Waals surface area contributed by atoms with E-state index in [1.165, 1.54) is 4.88 Å². The Labute approximate surface area is 186 Å². The summed E-state index contributed by atoms with van der Waals surface area (Å²) in [5.41, 5.74) is 0.790. The number of aromatic nitrogens is 2. The van der Waals surface area contributed by atoms with Crippen molar-refractivity contribution >= 4 is 46.8 Å². The zero-order valence-electron chi connectivity index (χ0n) is 16.2. The maximum atomic E-state index is 12.3. The van der Waals surface area contributed by atoms with E-state index in [4.69, 9.17) is 9.47 Å². The molecule has 10 heteroatoms. The number of hydrogen-bond donors (Lipinski definition) is 0. The lowest BCUT2D eigenvalue weighted by atomic mass is 9.74. The largest absolute Gasteiger partial charge is 0.404 e. The molecular weight excluding hydrogens is 442 g/mol. The van der Waals surface area contributed by atoms with Gasteiger partial charge in [-0.05, 0) is 48.8 Å². The molecule has 1 atom stereocenters. The Morgan fingerprint density at radius 3 is 2.63 bits per heavy atom. The van der Waals surface area contributed by atoms with Crippen molar-refractivity contribution in [2.45, 2.75) is 42.5 Å². The molecule has 4 aliphatic rings. The molecule has 2 aromatic rings. The van der Waals surface area contributed by atoms with Crippen LogP contribution in [-0.2, 0) is 25.5 Å². The van der Waals surface area contributed by atoms with Crippen LogP contribution in [0.2, 0.25) is 0 Å². The van der Waals surface area contributed by atoms with E-state index < -0.39 is 17.8 Å². The highest BCUT2D eigenvalue weighted by atomic mass is 32.2. The van der Waals surface area contributed by atoms with Crippen LogP contribution in [0, 0.1) is 5.92 Å². The molecule has 3 saturated heterocycles. The lowest BCUT2D eigenvalue weighted by Crippen LogP contribution is -2.66. The summed E-state index contributed by atoms with van der Waals surface area (Å²) >= 11 is 4.62. The number of piperidine rings is 3. The van der Waals surface area contributed by atoms with Gasteiger partial charge in [0.2, 0.25) is 0 Å². The van der Waals surface area contributed by atoms with Gasteiger partial charge in [0.15, 0.2) is 0 Å². The predicted octanol–water partition coefficient (Wildman–Crippen LogP) is 3.44. The third kappa shape index (κ3) is 3.70. The van der Waals surface area contributed by atoms with Crippen LogP contribution < -0.4 is 0 Å². The van der Waals surface area contributed by atoms with Gasteiger partial charge >= 0.3 is 17.8 Å². The highest BCUT2D eigenvalue weighted by Gasteiger charge is 2.62. The average Bonchev–Trinajstić information content (AvgIpc) is 3.40. The van der Waals surface area contributed by atoms with Crippen molar-refractivity contribution in [2.75, 3.05) is 18.8 Å². The van der Waals surface area contributed by atoms with E-state index in [-0.39, 0.29) is 11.8 Å². The van der Waals surface area contributed by atoms with Crippen LogP contribution in [0.4, 0.5) is 0 Å². The summed E-state index contributed by atoms with van der Waals surface area (Å²) in [7, 11) is 0. The Balaban J connectivity index is 1.39. The van der Waals surface area contributed by atoms with Gasteiger partial charge < -0.3 is 9.47 Å². The first kappa shape index (κ1) is 20.2. The monoisotopic (exact) mass is 463 g/mol. The van der Waals surface area contributed by atoms with E-state index in [2.05, 4.69) is 26.3 Å². The third-order valence-electron chi connectivity index (χ3n) is 5.86. The number of rotatable bonds is 6. The van der Waals surface area contributed by atoms with E-state index in [1.807, 2.05) is 4.90 Å². The molecule has 7 nitrogen and oxygen atoms in total. The molecule has 0 aromatic carbocycles. The first-order chi connectivity index (χ1) is 14.7. The second-order valence-electron chi connectivity index (χ2n) is 7.59. The minimum absolute atomic E-state index is 0.225. The lowest BCUT2D eigenvalue weighted by Gasteiger charge is -2.55. The molecule has 0 saturated carbocycles. The smallest absolute Gasteiger partial charge is 0.335 e. The molecule has 3 fully saturated rings. The van der Waals surface area contributed by atoms with Gasteiger partial charge in [-0.1, -0.05) is 6.07 Å². The van der Waals surface area contributed by atoms with E-state index in [1.54, 1.807) is 23.1 Å². The number of carbonyl (C=O) groups excluding carboxylic acids is 2. The van der Waals surface area contributed by atoms with Crippen molar-refractivity contribution < 1.29 is 19.1 Å². The number of thiophene rings is 1. The summed E-state index contributed by atoms with van der Waals surface area (Å²) in [5, 5.41) is 2.95.